The van der Waals surface area contributed by atoms with Crippen molar-refractivity contribution in [1.29, 1.82) is 0 Å². The van der Waals surface area contributed by atoms with Gasteiger partial charge in [-0.15, -0.1) is 0 Å². The van der Waals surface area contributed by atoms with Gasteiger partial charge in [-0.1, -0.05) is 19.1 Å². The summed E-state index contributed by atoms with van der Waals surface area (Å²) in [4.78, 5) is 4.17. The molecule has 0 fully saturated rings. The molecule has 2 nitrogen and oxygen atoms in total. The number of phenolic OH excluding ortho intramolecular Hbond substituents is 1. The van der Waals surface area contributed by atoms with E-state index in [2.05, 4.69) is 11.9 Å². The zero-order valence-corrected chi connectivity index (χ0v) is 7.20. The number of aliphatic imine (C=N–C) groups is 1. The van der Waals surface area contributed by atoms with Crippen molar-refractivity contribution in [3.8, 4) is 5.75 Å². The second-order valence-corrected chi connectivity index (χ2v) is 2.63. The molecule has 1 N–H and O–H groups in total. The van der Waals surface area contributed by atoms with Gasteiger partial charge >= 0.3 is 0 Å². The highest BCUT2D eigenvalue weighted by molar-refractivity contribution is 5.80. The minimum atomic E-state index is 0.287. The molecule has 1 aromatic carbocycles. The summed E-state index contributed by atoms with van der Waals surface area (Å²) in [6.07, 6.45) is 2.83. The number of nitrogens with zero attached hydrogens (tertiary/aromatic N) is 1. The summed E-state index contributed by atoms with van der Waals surface area (Å²) >= 11 is 0. The number of phenols is 1. The molecule has 0 spiro atoms. The average Bonchev–Trinajstić information content (AvgIpc) is 2.05. The molecule has 0 unspecified atom stereocenters. The summed E-state index contributed by atoms with van der Waals surface area (Å²) in [5.41, 5.74) is 0.948. The Labute approximate surface area is 72.6 Å². The molecule has 12 heavy (non-hydrogen) atoms. The summed E-state index contributed by atoms with van der Waals surface area (Å²) in [5, 5.41) is 9.11. The van der Waals surface area contributed by atoms with E-state index in [0.717, 1.165) is 18.5 Å². The first-order chi connectivity index (χ1) is 5.83. The summed E-state index contributed by atoms with van der Waals surface area (Å²) in [6.45, 7) is 2.93. The van der Waals surface area contributed by atoms with Crippen LogP contribution in [-0.4, -0.2) is 17.9 Å². The first-order valence-electron chi connectivity index (χ1n) is 4.12. The normalized spacial score (nSPS) is 10.8. The Morgan fingerprint density at radius 1 is 1.50 bits per heavy atom. The number of rotatable bonds is 3. The first kappa shape index (κ1) is 8.78. The second kappa shape index (κ2) is 4.54. The largest absolute Gasteiger partial charge is 0.508 e. The summed E-state index contributed by atoms with van der Waals surface area (Å²) in [7, 11) is 0. The van der Waals surface area contributed by atoms with Crippen molar-refractivity contribution in [2.45, 2.75) is 13.3 Å². The topological polar surface area (TPSA) is 32.6 Å². The van der Waals surface area contributed by atoms with E-state index in [1.54, 1.807) is 18.3 Å². The van der Waals surface area contributed by atoms with Gasteiger partial charge in [0.15, 0.2) is 0 Å². The fourth-order valence-electron chi connectivity index (χ4n) is 0.904. The molecular formula is C10H13NO. The maximum absolute atomic E-state index is 9.11. The van der Waals surface area contributed by atoms with Crippen LogP contribution in [0.5, 0.6) is 5.75 Å². The molecule has 64 valence electrons. The van der Waals surface area contributed by atoms with Gasteiger partial charge < -0.3 is 5.11 Å². The van der Waals surface area contributed by atoms with Crippen molar-refractivity contribution in [1.82, 2.24) is 0 Å². The molecule has 0 aliphatic heterocycles. The van der Waals surface area contributed by atoms with E-state index < -0.39 is 0 Å². The van der Waals surface area contributed by atoms with Gasteiger partial charge in [0, 0.05) is 12.8 Å². The third-order valence-electron chi connectivity index (χ3n) is 1.46. The van der Waals surface area contributed by atoms with Gasteiger partial charge in [-0.3, -0.25) is 4.99 Å². The van der Waals surface area contributed by atoms with Gasteiger partial charge in [0.05, 0.1) is 0 Å². The third-order valence-corrected chi connectivity index (χ3v) is 1.46. The Morgan fingerprint density at radius 3 is 3.00 bits per heavy atom. The highest BCUT2D eigenvalue weighted by Crippen LogP contribution is 2.08. The average molecular weight is 163 g/mol. The molecule has 0 atom stereocenters. The van der Waals surface area contributed by atoms with E-state index in [1.807, 2.05) is 12.1 Å². The minimum absolute atomic E-state index is 0.287. The SMILES string of the molecule is CCCN=Cc1cccc(O)c1. The lowest BCUT2D eigenvalue weighted by atomic mass is 10.2. The molecule has 0 heterocycles. The predicted octanol–water partition coefficient (Wildman–Crippen LogP) is 2.22. The Bertz CT molecular complexity index is 268. The van der Waals surface area contributed by atoms with Crippen molar-refractivity contribution in [3.05, 3.63) is 29.8 Å². The number of hydrogen-bond donors (Lipinski definition) is 1. The number of benzene rings is 1. The van der Waals surface area contributed by atoms with Crippen LogP contribution in [0.4, 0.5) is 0 Å². The van der Waals surface area contributed by atoms with E-state index in [-0.39, 0.29) is 5.75 Å². The molecule has 1 rings (SSSR count). The van der Waals surface area contributed by atoms with Gasteiger partial charge in [-0.2, -0.15) is 0 Å². The van der Waals surface area contributed by atoms with E-state index in [1.165, 1.54) is 0 Å². The lowest BCUT2D eigenvalue weighted by Crippen LogP contribution is -1.82. The van der Waals surface area contributed by atoms with Crippen LogP contribution in [0.2, 0.25) is 0 Å². The molecule has 2 heteroatoms. The van der Waals surface area contributed by atoms with Crippen LogP contribution in [0.25, 0.3) is 0 Å². The van der Waals surface area contributed by atoms with Gasteiger partial charge in [0.1, 0.15) is 5.75 Å². The molecule has 0 radical (unpaired) electrons. The van der Waals surface area contributed by atoms with Crippen LogP contribution in [0.3, 0.4) is 0 Å². The third kappa shape index (κ3) is 2.74. The molecule has 0 saturated heterocycles. The van der Waals surface area contributed by atoms with Crippen molar-refractivity contribution in [3.63, 3.8) is 0 Å². The van der Waals surface area contributed by atoms with Crippen LogP contribution in [-0.2, 0) is 0 Å². The summed E-state index contributed by atoms with van der Waals surface area (Å²) < 4.78 is 0. The second-order valence-electron chi connectivity index (χ2n) is 2.63. The van der Waals surface area contributed by atoms with Crippen LogP contribution >= 0.6 is 0 Å². The van der Waals surface area contributed by atoms with Gasteiger partial charge in [-0.05, 0) is 24.1 Å². The van der Waals surface area contributed by atoms with Crippen LogP contribution in [0, 0.1) is 0 Å². The molecule has 0 aliphatic rings. The monoisotopic (exact) mass is 163 g/mol. The minimum Gasteiger partial charge on any atom is -0.508 e. The zero-order chi connectivity index (χ0) is 8.81. The molecule has 0 aliphatic carbocycles. The Kier molecular flexibility index (Phi) is 3.33. The molecule has 0 bridgehead atoms. The van der Waals surface area contributed by atoms with Crippen molar-refractivity contribution in [2.75, 3.05) is 6.54 Å². The number of aromatic hydroxyl groups is 1. The zero-order valence-electron chi connectivity index (χ0n) is 7.20. The van der Waals surface area contributed by atoms with E-state index >= 15 is 0 Å². The van der Waals surface area contributed by atoms with Crippen molar-refractivity contribution in [2.24, 2.45) is 4.99 Å². The lowest BCUT2D eigenvalue weighted by molar-refractivity contribution is 0.475. The number of hydrogen-bond acceptors (Lipinski definition) is 2. The maximum Gasteiger partial charge on any atom is 0.116 e. The quantitative estimate of drug-likeness (QED) is 0.681. The van der Waals surface area contributed by atoms with Crippen LogP contribution < -0.4 is 0 Å². The van der Waals surface area contributed by atoms with Crippen molar-refractivity contribution >= 4 is 6.21 Å². The predicted molar refractivity (Wildman–Crippen MR) is 50.9 cm³/mol. The van der Waals surface area contributed by atoms with E-state index in [9.17, 15) is 0 Å². The first-order valence-corrected chi connectivity index (χ1v) is 4.12. The van der Waals surface area contributed by atoms with E-state index in [4.69, 9.17) is 5.11 Å². The molecular weight excluding hydrogens is 150 g/mol. The summed E-state index contributed by atoms with van der Waals surface area (Å²) in [5.74, 6) is 0.287. The van der Waals surface area contributed by atoms with Crippen molar-refractivity contribution < 1.29 is 5.11 Å². The fourth-order valence-corrected chi connectivity index (χ4v) is 0.904. The molecule has 0 saturated carbocycles. The molecule has 0 aromatic heterocycles. The van der Waals surface area contributed by atoms with E-state index in [0.29, 0.717) is 0 Å². The fraction of sp³-hybridized carbons (Fsp3) is 0.300. The Morgan fingerprint density at radius 2 is 2.33 bits per heavy atom. The smallest absolute Gasteiger partial charge is 0.116 e. The van der Waals surface area contributed by atoms with Crippen LogP contribution in [0.15, 0.2) is 29.3 Å². The Hall–Kier alpha value is -1.31. The maximum atomic E-state index is 9.11. The van der Waals surface area contributed by atoms with Gasteiger partial charge in [-0.25, -0.2) is 0 Å². The van der Waals surface area contributed by atoms with Gasteiger partial charge in [0.25, 0.3) is 0 Å². The standard InChI is InChI=1S/C10H13NO/c1-2-6-11-8-9-4-3-5-10(12)7-9/h3-5,7-8,12H,2,6H2,1H3. The van der Waals surface area contributed by atoms with Gasteiger partial charge in [0.2, 0.25) is 0 Å². The van der Waals surface area contributed by atoms with Crippen LogP contribution in [0.1, 0.15) is 18.9 Å². The molecule has 0 amide bonds. The highest BCUT2D eigenvalue weighted by atomic mass is 16.3. The molecule has 1 aromatic rings. The summed E-state index contributed by atoms with van der Waals surface area (Å²) in [6, 6.07) is 7.07. The lowest BCUT2D eigenvalue weighted by Gasteiger charge is -1.93. The highest BCUT2D eigenvalue weighted by Gasteiger charge is 1.88. The Balaban J connectivity index is 2.63.